The fourth-order valence-corrected chi connectivity index (χ4v) is 1.57. The second-order valence-electron chi connectivity index (χ2n) is 3.72. The van der Waals surface area contributed by atoms with Gasteiger partial charge in [-0.15, -0.1) is 0 Å². The molecule has 16 heavy (non-hydrogen) atoms. The van der Waals surface area contributed by atoms with Gasteiger partial charge in [-0.05, 0) is 25.0 Å². The largest absolute Gasteiger partial charge is 0.495 e. The Kier molecular flexibility index (Phi) is 4.92. The van der Waals surface area contributed by atoms with Gasteiger partial charge in [0, 0.05) is 24.4 Å². The Morgan fingerprint density at radius 3 is 2.81 bits per heavy atom. The van der Waals surface area contributed by atoms with Crippen molar-refractivity contribution in [3.05, 3.63) is 18.2 Å². The highest BCUT2D eigenvalue weighted by Gasteiger charge is 2.07. The molecule has 0 aliphatic heterocycles. The molecule has 0 fully saturated rings. The van der Waals surface area contributed by atoms with Crippen molar-refractivity contribution >= 4 is 11.4 Å². The second kappa shape index (κ2) is 6.23. The molecule has 4 heteroatoms. The summed E-state index contributed by atoms with van der Waals surface area (Å²) in [5, 5.41) is 12.2. The van der Waals surface area contributed by atoms with E-state index >= 15 is 0 Å². The number of hydrogen-bond donors (Lipinski definition) is 3. The van der Waals surface area contributed by atoms with Crippen LogP contribution in [0.1, 0.15) is 19.8 Å². The van der Waals surface area contributed by atoms with Gasteiger partial charge in [0.2, 0.25) is 0 Å². The molecule has 0 heterocycles. The number of ether oxygens (including phenoxy) is 1. The number of aliphatic hydroxyl groups excluding tert-OH is 1. The molecular weight excluding hydrogens is 204 g/mol. The summed E-state index contributed by atoms with van der Waals surface area (Å²) < 4.78 is 5.15. The van der Waals surface area contributed by atoms with Crippen LogP contribution in [0.15, 0.2) is 18.2 Å². The first-order chi connectivity index (χ1) is 7.71. The van der Waals surface area contributed by atoms with E-state index in [0.717, 1.165) is 18.5 Å². The number of hydrogen-bond acceptors (Lipinski definition) is 4. The molecule has 0 bridgehead atoms. The molecule has 0 aliphatic rings. The number of nitrogens with two attached hydrogens (primary N) is 1. The summed E-state index contributed by atoms with van der Waals surface area (Å²) in [6, 6.07) is 5.87. The van der Waals surface area contributed by atoms with Gasteiger partial charge in [-0.2, -0.15) is 0 Å². The van der Waals surface area contributed by atoms with E-state index in [9.17, 15) is 0 Å². The van der Waals surface area contributed by atoms with Gasteiger partial charge in [0.25, 0.3) is 0 Å². The molecule has 0 spiro atoms. The first-order valence-corrected chi connectivity index (χ1v) is 5.52. The van der Waals surface area contributed by atoms with E-state index in [1.165, 1.54) is 0 Å². The van der Waals surface area contributed by atoms with Crippen LogP contribution < -0.4 is 15.8 Å². The lowest BCUT2D eigenvalue weighted by Gasteiger charge is -2.18. The number of aliphatic hydroxyl groups is 1. The number of nitrogens with one attached hydrogen (secondary N) is 1. The van der Waals surface area contributed by atoms with Crippen molar-refractivity contribution in [2.75, 3.05) is 24.8 Å². The maximum Gasteiger partial charge on any atom is 0.143 e. The van der Waals surface area contributed by atoms with Crippen LogP contribution in [0.2, 0.25) is 0 Å². The molecule has 1 aromatic rings. The molecule has 1 rings (SSSR count). The maximum atomic E-state index is 8.91. The predicted molar refractivity (Wildman–Crippen MR) is 66.8 cm³/mol. The van der Waals surface area contributed by atoms with Crippen LogP contribution in [0.25, 0.3) is 0 Å². The van der Waals surface area contributed by atoms with Crippen LogP contribution in [0, 0.1) is 0 Å². The Hall–Kier alpha value is -1.42. The SMILES string of the molecule is CCC(CCO)Nc1ccc(N)c(OC)c1. The second-order valence-corrected chi connectivity index (χ2v) is 3.72. The van der Waals surface area contributed by atoms with E-state index in [0.29, 0.717) is 11.4 Å². The van der Waals surface area contributed by atoms with Crippen molar-refractivity contribution < 1.29 is 9.84 Å². The molecule has 4 nitrogen and oxygen atoms in total. The molecule has 90 valence electrons. The first kappa shape index (κ1) is 12.6. The van der Waals surface area contributed by atoms with Gasteiger partial charge in [0.05, 0.1) is 12.8 Å². The normalized spacial score (nSPS) is 12.2. The van der Waals surface area contributed by atoms with E-state index in [1.807, 2.05) is 18.2 Å². The summed E-state index contributed by atoms with van der Waals surface area (Å²) >= 11 is 0. The average Bonchev–Trinajstić information content (AvgIpc) is 2.30. The molecule has 0 aromatic heterocycles. The van der Waals surface area contributed by atoms with Crippen LogP contribution >= 0.6 is 0 Å². The standard InChI is InChI=1S/C12H20N2O2/c1-3-9(6-7-15)14-10-4-5-11(13)12(8-10)16-2/h4-5,8-9,14-15H,3,6-7,13H2,1-2H3. The number of benzene rings is 1. The molecular formula is C12H20N2O2. The quantitative estimate of drug-likeness (QED) is 0.645. The third-order valence-corrected chi connectivity index (χ3v) is 2.57. The van der Waals surface area contributed by atoms with Gasteiger partial charge in [-0.25, -0.2) is 0 Å². The summed E-state index contributed by atoms with van der Waals surface area (Å²) in [6.45, 7) is 2.28. The van der Waals surface area contributed by atoms with E-state index in [1.54, 1.807) is 7.11 Å². The first-order valence-electron chi connectivity index (χ1n) is 5.52. The third-order valence-electron chi connectivity index (χ3n) is 2.57. The van der Waals surface area contributed by atoms with Crippen LogP contribution in [0.5, 0.6) is 5.75 Å². The molecule has 0 aliphatic carbocycles. The van der Waals surface area contributed by atoms with E-state index < -0.39 is 0 Å². The van der Waals surface area contributed by atoms with Gasteiger partial charge in [0.15, 0.2) is 0 Å². The number of rotatable bonds is 6. The number of anilines is 2. The van der Waals surface area contributed by atoms with Crippen molar-refractivity contribution in [2.24, 2.45) is 0 Å². The minimum absolute atomic E-state index is 0.192. The third kappa shape index (κ3) is 3.31. The number of nitrogen functional groups attached to an aromatic ring is 1. The monoisotopic (exact) mass is 224 g/mol. The fraction of sp³-hybridized carbons (Fsp3) is 0.500. The number of methoxy groups -OCH3 is 1. The molecule has 0 saturated heterocycles. The van der Waals surface area contributed by atoms with Gasteiger partial charge < -0.3 is 20.9 Å². The average molecular weight is 224 g/mol. The van der Waals surface area contributed by atoms with Gasteiger partial charge in [-0.1, -0.05) is 6.92 Å². The predicted octanol–water partition coefficient (Wildman–Crippen LogP) is 1.85. The zero-order chi connectivity index (χ0) is 12.0. The van der Waals surface area contributed by atoms with Crippen LogP contribution in [-0.2, 0) is 0 Å². The zero-order valence-electron chi connectivity index (χ0n) is 9.86. The van der Waals surface area contributed by atoms with E-state index in [-0.39, 0.29) is 12.6 Å². The lowest BCUT2D eigenvalue weighted by molar-refractivity contribution is 0.278. The van der Waals surface area contributed by atoms with Crippen molar-refractivity contribution in [3.63, 3.8) is 0 Å². The Balaban J connectivity index is 2.72. The van der Waals surface area contributed by atoms with E-state index in [4.69, 9.17) is 15.6 Å². The van der Waals surface area contributed by atoms with Crippen molar-refractivity contribution in [1.82, 2.24) is 0 Å². The minimum Gasteiger partial charge on any atom is -0.495 e. The molecule has 1 atom stereocenters. The van der Waals surface area contributed by atoms with E-state index in [2.05, 4.69) is 12.2 Å². The summed E-state index contributed by atoms with van der Waals surface area (Å²) in [6.07, 6.45) is 1.70. The molecule has 1 aromatic carbocycles. The Morgan fingerprint density at radius 1 is 1.50 bits per heavy atom. The van der Waals surface area contributed by atoms with Crippen molar-refractivity contribution in [3.8, 4) is 5.75 Å². The highest BCUT2D eigenvalue weighted by Crippen LogP contribution is 2.25. The molecule has 0 amide bonds. The van der Waals surface area contributed by atoms with Crippen LogP contribution in [0.3, 0.4) is 0 Å². The Bertz CT molecular complexity index is 329. The van der Waals surface area contributed by atoms with Gasteiger partial charge >= 0.3 is 0 Å². The van der Waals surface area contributed by atoms with Gasteiger partial charge in [0.1, 0.15) is 5.75 Å². The Morgan fingerprint density at radius 2 is 2.25 bits per heavy atom. The van der Waals surface area contributed by atoms with Crippen LogP contribution in [0.4, 0.5) is 11.4 Å². The van der Waals surface area contributed by atoms with Crippen LogP contribution in [-0.4, -0.2) is 24.9 Å². The minimum atomic E-state index is 0.192. The summed E-state index contributed by atoms with van der Waals surface area (Å²) in [7, 11) is 1.60. The van der Waals surface area contributed by atoms with Crippen molar-refractivity contribution in [1.29, 1.82) is 0 Å². The molecule has 1 unspecified atom stereocenters. The zero-order valence-corrected chi connectivity index (χ0v) is 9.86. The summed E-state index contributed by atoms with van der Waals surface area (Å²) in [5.74, 6) is 0.670. The maximum absolute atomic E-state index is 8.91. The van der Waals surface area contributed by atoms with Crippen molar-refractivity contribution in [2.45, 2.75) is 25.8 Å². The topological polar surface area (TPSA) is 67.5 Å². The Labute approximate surface area is 96.4 Å². The summed E-state index contributed by atoms with van der Waals surface area (Å²) in [4.78, 5) is 0. The molecule has 0 radical (unpaired) electrons. The molecule has 0 saturated carbocycles. The summed E-state index contributed by atoms with van der Waals surface area (Å²) in [5.41, 5.74) is 7.32. The highest BCUT2D eigenvalue weighted by atomic mass is 16.5. The van der Waals surface area contributed by atoms with Gasteiger partial charge in [-0.3, -0.25) is 0 Å². The lowest BCUT2D eigenvalue weighted by Crippen LogP contribution is -2.19. The smallest absolute Gasteiger partial charge is 0.143 e. The fourth-order valence-electron chi connectivity index (χ4n) is 1.57. The highest BCUT2D eigenvalue weighted by molar-refractivity contribution is 5.61. The lowest BCUT2D eigenvalue weighted by atomic mass is 10.1. The molecule has 4 N–H and O–H groups in total.